The van der Waals surface area contributed by atoms with Crippen molar-refractivity contribution in [1.82, 2.24) is 24.4 Å². The largest absolute Gasteiger partial charge is 0.379 e. The first-order chi connectivity index (χ1) is 16.4. The molecule has 8 heteroatoms. The highest BCUT2D eigenvalue weighted by atomic mass is 16.5. The summed E-state index contributed by atoms with van der Waals surface area (Å²) in [7, 11) is 0. The number of morpholine rings is 1. The minimum atomic E-state index is -0.352. The maximum absolute atomic E-state index is 12.8. The van der Waals surface area contributed by atoms with Crippen molar-refractivity contribution in [2.45, 2.75) is 39.7 Å². The van der Waals surface area contributed by atoms with Gasteiger partial charge < -0.3 is 19.3 Å². The number of rotatable bonds is 7. The van der Waals surface area contributed by atoms with Crippen molar-refractivity contribution in [3.63, 3.8) is 0 Å². The zero-order chi connectivity index (χ0) is 24.1. The summed E-state index contributed by atoms with van der Waals surface area (Å²) >= 11 is 0. The lowest BCUT2D eigenvalue weighted by atomic mass is 10.1. The van der Waals surface area contributed by atoms with Crippen molar-refractivity contribution < 1.29 is 4.74 Å². The van der Waals surface area contributed by atoms with Gasteiger partial charge in [-0.25, -0.2) is 4.98 Å². The Balaban J connectivity index is 1.60. The lowest BCUT2D eigenvalue weighted by Gasteiger charge is -2.26. The first kappa shape index (κ1) is 23.9. The number of nitrogens with zero attached hydrogens (tertiary/aromatic N) is 3. The zero-order valence-electron chi connectivity index (χ0n) is 20.1. The molecule has 1 aliphatic heterocycles. The third-order valence-electron chi connectivity index (χ3n) is 6.05. The Kier molecular flexibility index (Phi) is 7.59. The first-order valence-corrected chi connectivity index (χ1v) is 11.9. The fraction of sp³-hybridized carbons (Fsp3) is 0.423. The van der Waals surface area contributed by atoms with Gasteiger partial charge in [-0.05, 0) is 37.0 Å². The highest BCUT2D eigenvalue weighted by Crippen LogP contribution is 2.20. The molecule has 0 atom stereocenters. The van der Waals surface area contributed by atoms with E-state index in [9.17, 15) is 9.59 Å². The van der Waals surface area contributed by atoms with Gasteiger partial charge in [0, 0.05) is 31.9 Å². The number of aryl methyl sites for hydroxylation is 2. The minimum absolute atomic E-state index is 0.201. The van der Waals surface area contributed by atoms with Gasteiger partial charge in [-0.3, -0.25) is 14.5 Å². The average Bonchev–Trinajstić information content (AvgIpc) is 3.20. The molecule has 0 radical (unpaired) electrons. The molecule has 0 amide bonds. The molecule has 2 aromatic heterocycles. The summed E-state index contributed by atoms with van der Waals surface area (Å²) in [5.41, 5.74) is 3.00. The van der Waals surface area contributed by atoms with Gasteiger partial charge in [0.25, 0.3) is 11.1 Å². The van der Waals surface area contributed by atoms with Gasteiger partial charge in [0.05, 0.1) is 25.2 Å². The fourth-order valence-electron chi connectivity index (χ4n) is 4.37. The number of imidazole rings is 1. The summed E-state index contributed by atoms with van der Waals surface area (Å²) in [6, 6.07) is 7.75. The maximum atomic E-state index is 12.8. The third-order valence-corrected chi connectivity index (χ3v) is 6.05. The van der Waals surface area contributed by atoms with E-state index in [1.165, 1.54) is 0 Å². The Labute approximate surface area is 198 Å². The third kappa shape index (κ3) is 5.81. The van der Waals surface area contributed by atoms with E-state index in [2.05, 4.69) is 38.3 Å². The van der Waals surface area contributed by atoms with Crippen LogP contribution in [-0.2, 0) is 11.3 Å². The Morgan fingerprint density at radius 3 is 2.44 bits per heavy atom. The molecule has 0 saturated carbocycles. The molecule has 8 nitrogen and oxygen atoms in total. The molecule has 34 heavy (non-hydrogen) atoms. The molecule has 1 aromatic carbocycles. The van der Waals surface area contributed by atoms with Gasteiger partial charge in [0.2, 0.25) is 0 Å². The van der Waals surface area contributed by atoms with Crippen LogP contribution in [0.25, 0.3) is 12.2 Å². The molecule has 4 rings (SSSR count). The fourth-order valence-corrected chi connectivity index (χ4v) is 4.37. The van der Waals surface area contributed by atoms with Crippen molar-refractivity contribution >= 4 is 12.2 Å². The van der Waals surface area contributed by atoms with Crippen LogP contribution in [0.1, 0.15) is 48.7 Å². The van der Waals surface area contributed by atoms with Crippen molar-refractivity contribution in [3.8, 4) is 0 Å². The second-order valence-corrected chi connectivity index (χ2v) is 9.11. The van der Waals surface area contributed by atoms with Crippen LogP contribution in [0.4, 0.5) is 0 Å². The van der Waals surface area contributed by atoms with Crippen LogP contribution in [0.15, 0.2) is 40.2 Å². The molecule has 3 heterocycles. The van der Waals surface area contributed by atoms with Gasteiger partial charge in [-0.1, -0.05) is 43.7 Å². The van der Waals surface area contributed by atoms with E-state index >= 15 is 0 Å². The summed E-state index contributed by atoms with van der Waals surface area (Å²) in [5.74, 6) is 0.219. The number of aromatic amines is 2. The van der Waals surface area contributed by atoms with Gasteiger partial charge in [-0.15, -0.1) is 0 Å². The molecular formula is C26H33N5O3. The van der Waals surface area contributed by atoms with Gasteiger partial charge in [0.15, 0.2) is 0 Å². The lowest BCUT2D eigenvalue weighted by molar-refractivity contribution is 0.0369. The van der Waals surface area contributed by atoms with Crippen LogP contribution < -0.4 is 21.8 Å². The quantitative estimate of drug-likeness (QED) is 0.547. The molecule has 2 N–H and O–H groups in total. The van der Waals surface area contributed by atoms with Crippen LogP contribution in [0.3, 0.4) is 0 Å². The number of benzene rings is 1. The topological polar surface area (TPSA) is 96.0 Å². The van der Waals surface area contributed by atoms with Gasteiger partial charge >= 0.3 is 0 Å². The van der Waals surface area contributed by atoms with Crippen LogP contribution in [0, 0.1) is 6.92 Å². The SMILES string of the molecule is Cc1cccc(/C=c2\[nH]c(=O)/c(=C/c3ncn(CCCN4CCOCC4)c3C(C)C)[nH]c2=O)c1. The molecule has 1 fully saturated rings. The summed E-state index contributed by atoms with van der Waals surface area (Å²) in [4.78, 5) is 37.9. The monoisotopic (exact) mass is 463 g/mol. The van der Waals surface area contributed by atoms with E-state index in [0.717, 1.165) is 62.6 Å². The molecule has 3 aromatic rings. The zero-order valence-corrected chi connectivity index (χ0v) is 20.1. The summed E-state index contributed by atoms with van der Waals surface area (Å²) in [6.45, 7) is 11.6. The first-order valence-electron chi connectivity index (χ1n) is 11.9. The molecule has 0 bridgehead atoms. The number of hydrogen-bond donors (Lipinski definition) is 2. The molecule has 0 unspecified atom stereocenters. The smallest absolute Gasteiger partial charge is 0.272 e. The van der Waals surface area contributed by atoms with Crippen molar-refractivity contribution in [1.29, 1.82) is 0 Å². The van der Waals surface area contributed by atoms with Crippen LogP contribution in [0.5, 0.6) is 0 Å². The number of nitrogens with one attached hydrogen (secondary N) is 2. The summed E-state index contributed by atoms with van der Waals surface area (Å²) in [6.07, 6.45) is 6.19. The van der Waals surface area contributed by atoms with E-state index in [-0.39, 0.29) is 27.7 Å². The molecular weight excluding hydrogens is 430 g/mol. The molecule has 0 spiro atoms. The molecule has 1 aliphatic rings. The highest BCUT2D eigenvalue weighted by molar-refractivity contribution is 5.50. The number of aromatic nitrogens is 4. The van der Waals surface area contributed by atoms with Gasteiger partial charge in [0.1, 0.15) is 10.7 Å². The normalized spacial score (nSPS) is 16.0. The van der Waals surface area contributed by atoms with Crippen molar-refractivity contribution in [3.05, 3.63) is 84.5 Å². The Bertz CT molecular complexity index is 1360. The summed E-state index contributed by atoms with van der Waals surface area (Å²) in [5, 5.41) is 0.428. The van der Waals surface area contributed by atoms with Crippen LogP contribution in [-0.4, -0.2) is 57.3 Å². The predicted octanol–water partition coefficient (Wildman–Crippen LogP) is 1.07. The Morgan fingerprint density at radius 1 is 1.06 bits per heavy atom. The predicted molar refractivity (Wildman–Crippen MR) is 133 cm³/mol. The second kappa shape index (κ2) is 10.8. The van der Waals surface area contributed by atoms with E-state index in [1.54, 1.807) is 12.2 Å². The number of ether oxygens (including phenoxy) is 1. The second-order valence-electron chi connectivity index (χ2n) is 9.11. The Hall–Kier alpha value is -3.23. The highest BCUT2D eigenvalue weighted by Gasteiger charge is 2.14. The Morgan fingerprint density at radius 2 is 1.76 bits per heavy atom. The summed E-state index contributed by atoms with van der Waals surface area (Å²) < 4.78 is 7.57. The molecule has 180 valence electrons. The van der Waals surface area contributed by atoms with Crippen molar-refractivity contribution in [2.75, 3.05) is 32.8 Å². The van der Waals surface area contributed by atoms with Gasteiger partial charge in [-0.2, -0.15) is 0 Å². The lowest BCUT2D eigenvalue weighted by Crippen LogP contribution is -2.46. The van der Waals surface area contributed by atoms with Crippen LogP contribution >= 0.6 is 0 Å². The van der Waals surface area contributed by atoms with E-state index in [1.807, 2.05) is 37.5 Å². The van der Waals surface area contributed by atoms with Crippen molar-refractivity contribution in [2.24, 2.45) is 0 Å². The minimum Gasteiger partial charge on any atom is -0.379 e. The maximum Gasteiger partial charge on any atom is 0.272 e. The van der Waals surface area contributed by atoms with E-state index in [0.29, 0.717) is 5.69 Å². The van der Waals surface area contributed by atoms with E-state index < -0.39 is 0 Å². The number of hydrogen-bond acceptors (Lipinski definition) is 5. The molecule has 1 saturated heterocycles. The molecule has 0 aliphatic carbocycles. The average molecular weight is 464 g/mol. The van der Waals surface area contributed by atoms with Crippen LogP contribution in [0.2, 0.25) is 0 Å². The standard InChI is InChI=1S/C26H33N5O3/c1-18(2)24-21(27-17-31(24)9-5-8-30-10-12-34-13-11-30)16-23-26(33)28-22(25(32)29-23)15-20-7-4-6-19(3)14-20/h4,6-7,14-18H,5,8-13H2,1-3H3,(H,28,33)(H,29,32)/b22-15-,23-16-. The number of H-pyrrole nitrogens is 2. The van der Waals surface area contributed by atoms with E-state index in [4.69, 9.17) is 4.74 Å².